The molecule has 0 aliphatic carbocycles. The molecule has 478 valence electrons. The average Bonchev–Trinajstić information content (AvgIpc) is 1.67. The van der Waals surface area contributed by atoms with Crippen LogP contribution in [0.4, 0.5) is 0 Å². The largest absolute Gasteiger partial charge is 0.465 e. The predicted molar refractivity (Wildman–Crippen MR) is 290 cm³/mol. The second kappa shape index (κ2) is 23.4. The number of aliphatic hydroxyl groups excluding tert-OH is 11. The van der Waals surface area contributed by atoms with Gasteiger partial charge in [0.25, 0.3) is 0 Å². The van der Waals surface area contributed by atoms with Crippen LogP contribution in [0.25, 0.3) is 55.8 Å². The lowest BCUT2D eigenvalue weighted by molar-refractivity contribution is -0.0511. The third-order valence-electron chi connectivity index (χ3n) is 16.5. The van der Waals surface area contributed by atoms with Crippen LogP contribution in [0.5, 0.6) is 23.5 Å². The molecule has 5 saturated heterocycles. The number of aliphatic hydroxyl groups is 11. The summed E-state index contributed by atoms with van der Waals surface area (Å²) in [6, 6.07) is 0. The molecule has 5 aliphatic rings. The first kappa shape index (κ1) is 58.9. The molecule has 0 saturated carbocycles. The third-order valence-corrected chi connectivity index (χ3v) is 16.7. The number of fused-ring (bicyclic) bond motifs is 5. The van der Waals surface area contributed by atoms with Crippen LogP contribution in [0.1, 0.15) is 31.1 Å². The molecule has 40 nitrogen and oxygen atoms in total. The second-order valence-electron chi connectivity index (χ2n) is 21.5. The van der Waals surface area contributed by atoms with Crippen molar-refractivity contribution in [1.29, 1.82) is 0 Å². The predicted octanol–water partition coefficient (Wildman–Crippen LogP) is -5.56. The zero-order valence-corrected chi connectivity index (χ0v) is 47.0. The third kappa shape index (κ3) is 9.56. The van der Waals surface area contributed by atoms with E-state index in [9.17, 15) is 56.2 Å². The highest BCUT2D eigenvalue weighted by atomic mass is 35.5. The van der Waals surface area contributed by atoms with Gasteiger partial charge in [-0.25, -0.2) is 54.8 Å². The normalized spacial score (nSPS) is 32.6. The van der Waals surface area contributed by atoms with Gasteiger partial charge in [0.1, 0.15) is 104 Å². The first-order valence-electron chi connectivity index (χ1n) is 27.9. The summed E-state index contributed by atoms with van der Waals surface area (Å²) in [7, 11) is 0. The van der Waals surface area contributed by atoms with Crippen LogP contribution < -0.4 is 18.9 Å². The lowest BCUT2D eigenvalue weighted by Gasteiger charge is -2.24. The van der Waals surface area contributed by atoms with Crippen molar-refractivity contribution in [1.82, 2.24) is 97.6 Å². The quantitative estimate of drug-likeness (QED) is 0.0357. The Morgan fingerprint density at radius 3 is 0.835 bits per heavy atom. The van der Waals surface area contributed by atoms with E-state index in [0.717, 1.165) is 25.3 Å². The molecule has 41 heteroatoms. The van der Waals surface area contributed by atoms with Crippen molar-refractivity contribution in [3.63, 3.8) is 0 Å². The number of hydrogen-bond acceptors (Lipinski definition) is 35. The fourth-order valence-corrected chi connectivity index (χ4v) is 12.1. The highest BCUT2D eigenvalue weighted by Crippen LogP contribution is 2.43. The fraction of sp³-hybridized carbons (Fsp3) is 0.500. The lowest BCUT2D eigenvalue weighted by Crippen LogP contribution is -2.38. The van der Waals surface area contributed by atoms with Crippen molar-refractivity contribution in [2.45, 2.75) is 123 Å². The van der Waals surface area contributed by atoms with Gasteiger partial charge in [0.15, 0.2) is 111 Å². The maximum atomic E-state index is 11.7. The summed E-state index contributed by atoms with van der Waals surface area (Å²) in [4.78, 5) is 65.2. The van der Waals surface area contributed by atoms with Gasteiger partial charge in [0.2, 0.25) is 23.5 Å². The fourth-order valence-electron chi connectivity index (χ4n) is 11.9. The summed E-state index contributed by atoms with van der Waals surface area (Å²) in [6.07, 6.45) is -14.1. The Bertz CT molecular complexity index is 4320. The molecular weight excluding hydrogens is 1240 g/mol. The van der Waals surface area contributed by atoms with E-state index in [0.29, 0.717) is 0 Å². The van der Waals surface area contributed by atoms with E-state index < -0.39 is 156 Å². The number of imidazole rings is 5. The Balaban J connectivity index is 0.694. The summed E-state index contributed by atoms with van der Waals surface area (Å²) in [5, 5.41) is 119. The van der Waals surface area contributed by atoms with Crippen molar-refractivity contribution in [3.8, 4) is 23.5 Å². The van der Waals surface area contributed by atoms with Crippen molar-refractivity contribution < 1.29 is 98.8 Å². The van der Waals surface area contributed by atoms with Crippen LogP contribution >= 0.6 is 11.6 Å². The number of hydrogen-bond donors (Lipinski definition) is 11. The maximum Gasteiger partial charge on any atom is 0.245 e. The minimum atomic E-state index is -1.55. The standard InChI is InChI=1S/C50H51ClN20O20/c51-36-21-37(53-6-52-36)68(11-62-21)47-32(27(78)17(2-73)84-47)88-43-23-39(55-8-59-43)70(13-64-23)49-34(29(80)19(4-75)86-49)90-45-25-41(57-10-61-45)71(15-66-25)50-35(30(81)20(5-76)87-50)91-44-24-40(56-9-60-44)69(14-65-24)48-33(28(79)18(3-74)85-48)89-42-22-38(54-7-58-42)67(12-63-22)46-31(82)26(77)16(1-72)83-46/h6-20,26-35,46-50,72-82H,1-5H2. The molecule has 0 spiro atoms. The second-order valence-corrected chi connectivity index (χ2v) is 21.9. The van der Waals surface area contributed by atoms with Crippen LogP contribution in [0.3, 0.4) is 0 Å². The van der Waals surface area contributed by atoms with Gasteiger partial charge >= 0.3 is 0 Å². The molecule has 10 aromatic heterocycles. The molecule has 5 aliphatic heterocycles. The Morgan fingerprint density at radius 1 is 0.308 bits per heavy atom. The molecule has 0 amide bonds. The topological polar surface area (TPSA) is 524 Å². The highest BCUT2D eigenvalue weighted by molar-refractivity contribution is 6.33. The molecular formula is C50H51ClN20O20. The van der Waals surface area contributed by atoms with Gasteiger partial charge in [-0.1, -0.05) is 11.6 Å². The van der Waals surface area contributed by atoms with Gasteiger partial charge in [-0.05, 0) is 0 Å². The zero-order valence-electron chi connectivity index (χ0n) is 46.3. The molecule has 15 heterocycles. The molecule has 20 atom stereocenters. The van der Waals surface area contributed by atoms with Crippen molar-refractivity contribution in [2.24, 2.45) is 0 Å². The van der Waals surface area contributed by atoms with E-state index in [1.165, 1.54) is 60.8 Å². The molecule has 0 radical (unpaired) electrons. The summed E-state index contributed by atoms with van der Waals surface area (Å²) < 4.78 is 62.7. The van der Waals surface area contributed by atoms with Gasteiger partial charge in [-0.3, -0.25) is 22.8 Å². The zero-order chi connectivity index (χ0) is 62.7. The summed E-state index contributed by atoms with van der Waals surface area (Å²) in [5.74, 6) is -0.688. The van der Waals surface area contributed by atoms with Crippen LogP contribution in [-0.4, -0.2) is 278 Å². The molecule has 20 unspecified atom stereocenters. The van der Waals surface area contributed by atoms with E-state index in [4.69, 9.17) is 54.2 Å². The van der Waals surface area contributed by atoms with Crippen molar-refractivity contribution in [2.75, 3.05) is 33.0 Å². The summed E-state index contributed by atoms with van der Waals surface area (Å²) >= 11 is 6.27. The smallest absolute Gasteiger partial charge is 0.245 e. The van der Waals surface area contributed by atoms with Crippen LogP contribution in [-0.2, 0) is 23.7 Å². The molecule has 15 rings (SSSR count). The summed E-state index contributed by atoms with van der Waals surface area (Å²) in [5.41, 5.74) is 0.876. The first-order chi connectivity index (χ1) is 44.3. The molecule has 5 fully saturated rings. The lowest BCUT2D eigenvalue weighted by atomic mass is 10.1. The van der Waals surface area contributed by atoms with Gasteiger partial charge in [-0.15, -0.1) is 0 Å². The van der Waals surface area contributed by atoms with Crippen LogP contribution in [0.2, 0.25) is 5.15 Å². The minimum absolute atomic E-state index is 0.000229. The van der Waals surface area contributed by atoms with Crippen molar-refractivity contribution in [3.05, 3.63) is 68.4 Å². The van der Waals surface area contributed by atoms with E-state index in [-0.39, 0.29) is 84.5 Å². The minimum Gasteiger partial charge on any atom is -0.465 e. The van der Waals surface area contributed by atoms with Crippen molar-refractivity contribution >= 4 is 67.4 Å². The Kier molecular flexibility index (Phi) is 15.1. The number of halogens is 1. The number of ether oxygens (including phenoxy) is 9. The average molecular weight is 1290 g/mol. The number of rotatable bonds is 18. The molecule has 11 N–H and O–H groups in total. The Labute approximate surface area is 510 Å². The van der Waals surface area contributed by atoms with Gasteiger partial charge in [0, 0.05) is 0 Å². The van der Waals surface area contributed by atoms with E-state index in [1.54, 1.807) is 0 Å². The molecule has 91 heavy (non-hydrogen) atoms. The van der Waals surface area contributed by atoms with Crippen LogP contribution in [0.15, 0.2) is 63.3 Å². The SMILES string of the molecule is OCC1OC(n2cnc3c(OC4C(O)C(CO)OC4n4cnc5c(OC6C(O)C(CO)OC6n6cnc7c(OC8C(O)C(CO)OC8n8cnc9c(OC%10C(O)C(CO)OC%10n%10cnc%11c(Cl)ncnc%11%10)ncnc98)ncnc76)ncnc54)ncnc32)C(O)C1O. The first-order valence-corrected chi connectivity index (χ1v) is 28.3. The van der Waals surface area contributed by atoms with Crippen LogP contribution in [0, 0.1) is 0 Å². The van der Waals surface area contributed by atoms with E-state index >= 15 is 0 Å². The van der Waals surface area contributed by atoms with E-state index in [1.807, 2.05) is 0 Å². The highest BCUT2D eigenvalue weighted by Gasteiger charge is 2.53. The molecule has 0 bridgehead atoms. The number of aromatic nitrogens is 20. The van der Waals surface area contributed by atoms with E-state index in [2.05, 4.69) is 74.8 Å². The molecule has 10 aromatic rings. The molecule has 0 aromatic carbocycles. The maximum absolute atomic E-state index is 11.7. The monoisotopic (exact) mass is 1290 g/mol. The van der Waals surface area contributed by atoms with Gasteiger partial charge < -0.3 is 98.8 Å². The van der Waals surface area contributed by atoms with Gasteiger partial charge in [-0.2, -0.15) is 19.9 Å². The summed E-state index contributed by atoms with van der Waals surface area (Å²) in [6.45, 7) is -3.14. The Hall–Kier alpha value is -8.40. The van der Waals surface area contributed by atoms with Gasteiger partial charge in [0.05, 0.1) is 64.7 Å². The Morgan fingerprint density at radius 2 is 0.549 bits per heavy atom. The number of nitrogens with zero attached hydrogens (tertiary/aromatic N) is 20.